The molecule has 0 radical (unpaired) electrons. The number of hydrogen-bond acceptors (Lipinski definition) is 11. The fourth-order valence-corrected chi connectivity index (χ4v) is 7.20. The van der Waals surface area contributed by atoms with Gasteiger partial charge in [-0.15, -0.1) is 0 Å². The van der Waals surface area contributed by atoms with Crippen molar-refractivity contribution in [1.82, 2.24) is 19.6 Å². The highest BCUT2D eigenvalue weighted by Crippen LogP contribution is 2.51. The Hall–Kier alpha value is -3.58. The van der Waals surface area contributed by atoms with Crippen LogP contribution in [0.25, 0.3) is 21.8 Å². The third-order valence-corrected chi connectivity index (χ3v) is 9.64. The first-order valence-corrected chi connectivity index (χ1v) is 16.6. The number of esters is 1. The summed E-state index contributed by atoms with van der Waals surface area (Å²) in [6.45, 7) is 6.89. The van der Waals surface area contributed by atoms with Gasteiger partial charge >= 0.3 is 13.7 Å². The van der Waals surface area contributed by atoms with Gasteiger partial charge in [0, 0.05) is 11.6 Å². The van der Waals surface area contributed by atoms with E-state index in [9.17, 15) is 19.6 Å². The lowest BCUT2D eigenvalue weighted by Gasteiger charge is -2.31. The SMILES string of the molecule is CCCCOC(=O)[C@H](C)NP(=O)(Oc1cccc2ccccc12)OC(CC)[C@H]1O[C@@H](n2ccc3c(N)ncnc32)[C@](C)(O)[C@@H]1O. The Labute approximate surface area is 261 Å². The number of aliphatic hydroxyl groups is 2. The molecule has 7 atom stereocenters. The molecule has 45 heavy (non-hydrogen) atoms. The van der Waals surface area contributed by atoms with Gasteiger partial charge in [0.15, 0.2) is 6.23 Å². The number of carbonyl (C=O) groups excluding carboxylic acids is 1. The quantitative estimate of drug-likeness (QED) is 0.0915. The molecule has 1 aliphatic heterocycles. The number of nitrogens with zero attached hydrogens (tertiary/aromatic N) is 3. The summed E-state index contributed by atoms with van der Waals surface area (Å²) in [7, 11) is -4.38. The van der Waals surface area contributed by atoms with Crippen LogP contribution in [0, 0.1) is 0 Å². The van der Waals surface area contributed by atoms with Crippen molar-refractivity contribution in [3.63, 3.8) is 0 Å². The minimum Gasteiger partial charge on any atom is -0.465 e. The first kappa shape index (κ1) is 32.8. The van der Waals surface area contributed by atoms with Crippen LogP contribution < -0.4 is 15.3 Å². The van der Waals surface area contributed by atoms with Crippen LogP contribution in [0.5, 0.6) is 5.75 Å². The smallest absolute Gasteiger partial charge is 0.459 e. The number of anilines is 1. The van der Waals surface area contributed by atoms with E-state index in [-0.39, 0.29) is 24.6 Å². The molecule has 5 rings (SSSR count). The number of fused-ring (bicyclic) bond motifs is 2. The summed E-state index contributed by atoms with van der Waals surface area (Å²) in [4.78, 5) is 21.1. The third kappa shape index (κ3) is 6.69. The van der Waals surface area contributed by atoms with Crippen LogP contribution in [0.4, 0.5) is 5.82 Å². The second kappa shape index (κ2) is 13.4. The summed E-state index contributed by atoms with van der Waals surface area (Å²) < 4.78 is 40.0. The van der Waals surface area contributed by atoms with E-state index >= 15 is 0 Å². The Kier molecular flexibility index (Phi) is 9.78. The molecule has 0 bridgehead atoms. The van der Waals surface area contributed by atoms with Crippen molar-refractivity contribution >= 4 is 41.3 Å². The maximum Gasteiger partial charge on any atom is 0.459 e. The maximum atomic E-state index is 14.6. The molecule has 13 nitrogen and oxygen atoms in total. The Bertz CT molecular complexity index is 1690. The van der Waals surface area contributed by atoms with E-state index in [1.54, 1.807) is 35.9 Å². The molecule has 2 aromatic heterocycles. The monoisotopic (exact) mass is 641 g/mol. The van der Waals surface area contributed by atoms with E-state index < -0.39 is 49.9 Å². The zero-order valence-electron chi connectivity index (χ0n) is 25.7. The second-order valence-corrected chi connectivity index (χ2v) is 13.0. The number of aliphatic hydroxyl groups excluding tert-OH is 1. The molecule has 0 aliphatic carbocycles. The predicted octanol–water partition coefficient (Wildman–Crippen LogP) is 4.48. The number of aromatic nitrogens is 3. The van der Waals surface area contributed by atoms with E-state index in [4.69, 9.17) is 24.3 Å². The topological polar surface area (TPSA) is 180 Å². The number of nitrogen functional groups attached to an aromatic ring is 1. The van der Waals surface area contributed by atoms with Crippen LogP contribution in [0.2, 0.25) is 0 Å². The molecule has 3 heterocycles. The van der Waals surface area contributed by atoms with Crippen molar-refractivity contribution < 1.29 is 38.1 Å². The number of hydrogen-bond donors (Lipinski definition) is 4. The first-order chi connectivity index (χ1) is 21.5. The number of benzene rings is 2. The van der Waals surface area contributed by atoms with Gasteiger partial charge in [0.1, 0.15) is 47.4 Å². The second-order valence-electron chi connectivity index (χ2n) is 11.3. The summed E-state index contributed by atoms with van der Waals surface area (Å²) in [6, 6.07) is 13.3. The van der Waals surface area contributed by atoms with Gasteiger partial charge in [0.25, 0.3) is 0 Å². The fraction of sp³-hybridized carbons (Fsp3) is 0.452. The third-order valence-electron chi connectivity index (χ3n) is 7.95. The van der Waals surface area contributed by atoms with Gasteiger partial charge in [-0.2, -0.15) is 5.09 Å². The number of nitrogens with two attached hydrogens (primary N) is 1. The average molecular weight is 642 g/mol. The molecule has 0 spiro atoms. The normalized spacial score (nSPS) is 24.4. The molecule has 0 amide bonds. The van der Waals surface area contributed by atoms with Gasteiger partial charge in [0.2, 0.25) is 0 Å². The first-order valence-electron chi connectivity index (χ1n) is 15.0. The Balaban J connectivity index is 1.45. The molecule has 4 aromatic rings. The molecule has 0 saturated carbocycles. The lowest BCUT2D eigenvalue weighted by molar-refractivity contribution is -0.145. The predicted molar refractivity (Wildman–Crippen MR) is 168 cm³/mol. The fourth-order valence-electron chi connectivity index (χ4n) is 5.42. The summed E-state index contributed by atoms with van der Waals surface area (Å²) in [5.41, 5.74) is 4.58. The van der Waals surface area contributed by atoms with Crippen LogP contribution in [-0.4, -0.2) is 67.3 Å². The van der Waals surface area contributed by atoms with E-state index in [0.717, 1.165) is 11.8 Å². The van der Waals surface area contributed by atoms with Crippen molar-refractivity contribution in [1.29, 1.82) is 0 Å². The highest BCUT2D eigenvalue weighted by molar-refractivity contribution is 7.52. The zero-order chi connectivity index (χ0) is 32.4. The van der Waals surface area contributed by atoms with Gasteiger partial charge in [-0.1, -0.05) is 56.7 Å². The van der Waals surface area contributed by atoms with E-state index in [1.807, 2.05) is 37.3 Å². The highest BCUT2D eigenvalue weighted by atomic mass is 31.2. The van der Waals surface area contributed by atoms with Crippen molar-refractivity contribution in [2.24, 2.45) is 0 Å². The molecule has 1 fully saturated rings. The summed E-state index contributed by atoms with van der Waals surface area (Å²) in [5.74, 6) is -0.106. The summed E-state index contributed by atoms with van der Waals surface area (Å²) >= 11 is 0. The molecule has 1 aliphatic rings. The summed E-state index contributed by atoms with van der Waals surface area (Å²) in [5, 5.41) is 27.7. The van der Waals surface area contributed by atoms with E-state index in [2.05, 4.69) is 15.1 Å². The van der Waals surface area contributed by atoms with Crippen molar-refractivity contribution in [2.75, 3.05) is 12.3 Å². The van der Waals surface area contributed by atoms with Crippen molar-refractivity contribution in [3.05, 3.63) is 61.1 Å². The molecule has 14 heteroatoms. The Morgan fingerprint density at radius 3 is 2.69 bits per heavy atom. The Morgan fingerprint density at radius 1 is 1.18 bits per heavy atom. The molecule has 242 valence electrons. The minimum atomic E-state index is -4.38. The number of carbonyl (C=O) groups is 1. The van der Waals surface area contributed by atoms with Gasteiger partial charge < -0.3 is 34.5 Å². The van der Waals surface area contributed by atoms with Crippen molar-refractivity contribution in [3.8, 4) is 5.75 Å². The van der Waals surface area contributed by atoms with E-state index in [1.165, 1.54) is 20.2 Å². The minimum absolute atomic E-state index is 0.200. The molecule has 1 saturated heterocycles. The highest BCUT2D eigenvalue weighted by Gasteiger charge is 2.56. The van der Waals surface area contributed by atoms with Gasteiger partial charge in [-0.05, 0) is 44.2 Å². The standard InChI is InChI=1S/C31H40N5O8P/c1-5-7-17-41-29(38)19(3)35-45(40,44-24-14-10-12-20-11-8-9-13-21(20)24)43-23(6-2)25-26(37)31(4,39)30(42-25)36-16-15-22-27(32)33-18-34-28(22)36/h8-16,18-19,23,25-26,30,37,39H,5-7,17H2,1-4H3,(H,35,40)(H2,32,33,34)/t19-,23?,25+,26+,30+,31+,45?/m0/s1. The number of unbranched alkanes of at least 4 members (excludes halogenated alkanes) is 1. The lowest BCUT2D eigenvalue weighted by atomic mass is 9.93. The Morgan fingerprint density at radius 2 is 1.93 bits per heavy atom. The molecular formula is C31H40N5O8P. The molecule has 5 N–H and O–H groups in total. The molecule has 2 aromatic carbocycles. The van der Waals surface area contributed by atoms with Gasteiger partial charge in [0.05, 0.1) is 18.1 Å². The van der Waals surface area contributed by atoms with Crippen LogP contribution in [0.1, 0.15) is 53.2 Å². The van der Waals surface area contributed by atoms with E-state index in [0.29, 0.717) is 22.8 Å². The van der Waals surface area contributed by atoms with Crippen LogP contribution >= 0.6 is 7.75 Å². The van der Waals surface area contributed by atoms with Gasteiger partial charge in [-0.3, -0.25) is 9.32 Å². The van der Waals surface area contributed by atoms with Crippen LogP contribution in [-0.2, 0) is 23.4 Å². The summed E-state index contributed by atoms with van der Waals surface area (Å²) in [6.07, 6.45) is -0.159. The zero-order valence-corrected chi connectivity index (χ0v) is 26.6. The number of nitrogens with one attached hydrogen (secondary N) is 1. The maximum absolute atomic E-state index is 14.6. The van der Waals surface area contributed by atoms with Crippen LogP contribution in [0.3, 0.4) is 0 Å². The largest absolute Gasteiger partial charge is 0.465 e. The molecular weight excluding hydrogens is 601 g/mol. The average Bonchev–Trinajstić information content (AvgIpc) is 3.54. The number of ether oxygens (including phenoxy) is 2. The number of rotatable bonds is 13. The molecule has 2 unspecified atom stereocenters. The lowest BCUT2D eigenvalue weighted by Crippen LogP contribution is -2.47. The van der Waals surface area contributed by atoms with Gasteiger partial charge in [-0.25, -0.2) is 14.5 Å². The van der Waals surface area contributed by atoms with Crippen molar-refractivity contribution in [2.45, 2.75) is 83.1 Å². The van der Waals surface area contributed by atoms with Crippen LogP contribution in [0.15, 0.2) is 61.1 Å².